The minimum absolute atomic E-state index is 0.0197. The number of amides is 5. The number of nitrogens with one attached hydrogen (secondary N) is 3. The summed E-state index contributed by atoms with van der Waals surface area (Å²) in [5, 5.41) is 8.45. The van der Waals surface area contributed by atoms with Gasteiger partial charge < -0.3 is 44.0 Å². The lowest BCUT2D eigenvalue weighted by molar-refractivity contribution is -0.127. The molecular formula is C52H59ClN14O6. The van der Waals surface area contributed by atoms with Gasteiger partial charge in [-0.15, -0.1) is 0 Å². The molecular weight excluding hydrogens is 952 g/mol. The first-order chi connectivity index (χ1) is 34.7. The molecule has 0 spiro atoms. The predicted octanol–water partition coefficient (Wildman–Crippen LogP) is 6.41. The Morgan fingerprint density at radius 1 is 0.658 bits per heavy atom. The molecule has 2 aromatic carbocycles. The van der Waals surface area contributed by atoms with Crippen molar-refractivity contribution in [2.45, 2.75) is 79.3 Å². The largest absolute Gasteiger partial charge is 0.364 e. The molecule has 21 heteroatoms. The summed E-state index contributed by atoms with van der Waals surface area (Å²) in [5.41, 5.74) is 18.0. The SMILES string of the molecule is CC(C)=CC(=O)Cl.CC(C)=CC(=O)N1CCC[C@H]1c1nc(-c2ccc(C(=O)Nc3cc(C)ccn3)cc2)c(C(N)=O)n1N.Cc1ccnc(NC(=O)c2ccc(-c3nc([C@@H]4CCCN4)n(N)c3C(N)=O)cc2)c1. The summed E-state index contributed by atoms with van der Waals surface area (Å²) in [6.07, 6.45) is 9.57. The fourth-order valence-electron chi connectivity index (χ4n) is 8.16. The van der Waals surface area contributed by atoms with E-state index >= 15 is 0 Å². The van der Waals surface area contributed by atoms with E-state index in [0.29, 0.717) is 69.9 Å². The molecule has 20 nitrogen and oxygen atoms in total. The minimum atomic E-state index is -0.737. The highest BCUT2D eigenvalue weighted by atomic mass is 35.5. The highest BCUT2D eigenvalue weighted by Crippen LogP contribution is 2.35. The van der Waals surface area contributed by atoms with Gasteiger partial charge in [-0.25, -0.2) is 29.3 Å². The maximum Gasteiger partial charge on any atom is 0.269 e. The highest BCUT2D eigenvalue weighted by molar-refractivity contribution is 6.66. The second kappa shape index (κ2) is 24.1. The van der Waals surface area contributed by atoms with Crippen molar-refractivity contribution in [1.82, 2.24) is 39.5 Å². The number of aromatic nitrogens is 6. The Hall–Kier alpha value is -8.49. The lowest BCUT2D eigenvalue weighted by Crippen LogP contribution is -2.33. The van der Waals surface area contributed by atoms with Crippen LogP contribution in [0.5, 0.6) is 0 Å². The number of aryl methyl sites for hydroxylation is 2. The number of likely N-dealkylation sites (tertiary alicyclic amines) is 1. The number of nitrogen functional groups attached to an aromatic ring is 2. The van der Waals surface area contributed by atoms with Gasteiger partial charge in [0.1, 0.15) is 28.8 Å². The number of pyridine rings is 2. The summed E-state index contributed by atoms with van der Waals surface area (Å²) < 4.78 is 2.45. The molecule has 6 heterocycles. The second-order valence-electron chi connectivity index (χ2n) is 17.9. The number of hydrogen-bond donors (Lipinski definition) is 7. The van der Waals surface area contributed by atoms with Crippen molar-refractivity contribution in [3.8, 4) is 22.5 Å². The monoisotopic (exact) mass is 1010 g/mol. The van der Waals surface area contributed by atoms with Crippen LogP contribution < -0.4 is 39.1 Å². The summed E-state index contributed by atoms with van der Waals surface area (Å²) in [6.45, 7) is 12.6. The number of halogens is 1. The number of allylic oxidation sites excluding steroid dienone is 3. The van der Waals surface area contributed by atoms with E-state index < -0.39 is 17.1 Å². The fourth-order valence-corrected chi connectivity index (χ4v) is 8.38. The molecule has 5 amide bonds. The van der Waals surface area contributed by atoms with Crippen LogP contribution in [0, 0.1) is 13.8 Å². The molecule has 0 aliphatic carbocycles. The number of nitrogens with zero attached hydrogens (tertiary/aromatic N) is 7. The van der Waals surface area contributed by atoms with E-state index in [9.17, 15) is 28.8 Å². The Bertz CT molecular complexity index is 3090. The topological polar surface area (TPSA) is 307 Å². The van der Waals surface area contributed by atoms with E-state index in [2.05, 4.69) is 35.9 Å². The summed E-state index contributed by atoms with van der Waals surface area (Å²) in [7, 11) is 0. The molecule has 4 aromatic heterocycles. The smallest absolute Gasteiger partial charge is 0.269 e. The number of benzene rings is 2. The normalized spacial score (nSPS) is 14.6. The van der Waals surface area contributed by atoms with Crippen LogP contribution in [0.2, 0.25) is 0 Å². The van der Waals surface area contributed by atoms with Crippen LogP contribution >= 0.6 is 11.6 Å². The van der Waals surface area contributed by atoms with E-state index in [4.69, 9.17) is 34.8 Å². The van der Waals surface area contributed by atoms with Crippen molar-refractivity contribution in [2.24, 2.45) is 11.5 Å². The molecule has 2 atom stereocenters. The lowest BCUT2D eigenvalue weighted by atomic mass is 10.1. The maximum atomic E-state index is 12.7. The van der Waals surface area contributed by atoms with Crippen molar-refractivity contribution in [1.29, 1.82) is 0 Å². The second-order valence-corrected chi connectivity index (χ2v) is 18.3. The minimum Gasteiger partial charge on any atom is -0.364 e. The molecule has 380 valence electrons. The molecule has 0 unspecified atom stereocenters. The third-order valence-corrected chi connectivity index (χ3v) is 11.6. The third-order valence-electron chi connectivity index (χ3n) is 11.5. The molecule has 2 saturated heterocycles. The molecule has 0 radical (unpaired) electrons. The first-order valence-electron chi connectivity index (χ1n) is 23.3. The molecule has 6 aromatic rings. The Morgan fingerprint density at radius 3 is 1.52 bits per heavy atom. The number of rotatable bonds is 12. The van der Waals surface area contributed by atoms with Crippen molar-refractivity contribution >= 4 is 58.0 Å². The van der Waals surface area contributed by atoms with Crippen LogP contribution in [0.3, 0.4) is 0 Å². The third kappa shape index (κ3) is 13.7. The predicted molar refractivity (Wildman–Crippen MR) is 280 cm³/mol. The van der Waals surface area contributed by atoms with Crippen LogP contribution in [-0.4, -0.2) is 82.1 Å². The fraction of sp³-hybridized carbons (Fsp3) is 0.269. The lowest BCUT2D eigenvalue weighted by Gasteiger charge is -2.23. The number of primary amides is 2. The number of anilines is 2. The zero-order valence-corrected chi connectivity index (χ0v) is 42.2. The molecule has 2 aliphatic rings. The zero-order valence-electron chi connectivity index (χ0n) is 41.4. The van der Waals surface area contributed by atoms with E-state index in [1.54, 1.807) is 84.0 Å². The first-order valence-corrected chi connectivity index (χ1v) is 23.7. The average molecular weight is 1010 g/mol. The van der Waals surface area contributed by atoms with E-state index in [0.717, 1.165) is 48.1 Å². The Kier molecular flexibility index (Phi) is 17.8. The van der Waals surface area contributed by atoms with Crippen molar-refractivity contribution in [3.63, 3.8) is 0 Å². The van der Waals surface area contributed by atoms with E-state index in [-0.39, 0.29) is 41.2 Å². The van der Waals surface area contributed by atoms with Crippen molar-refractivity contribution in [2.75, 3.05) is 35.4 Å². The molecule has 73 heavy (non-hydrogen) atoms. The van der Waals surface area contributed by atoms with E-state index in [1.807, 2.05) is 53.7 Å². The molecule has 8 rings (SSSR count). The number of hydrogen-bond acceptors (Lipinski definition) is 13. The zero-order chi connectivity index (χ0) is 53.1. The molecule has 11 N–H and O–H groups in total. The molecule has 0 bridgehead atoms. The number of nitrogens with two attached hydrogens (primary N) is 4. The summed E-state index contributed by atoms with van der Waals surface area (Å²) in [4.78, 5) is 91.5. The van der Waals surface area contributed by atoms with Crippen molar-refractivity contribution < 1.29 is 28.8 Å². The van der Waals surface area contributed by atoms with Crippen molar-refractivity contribution in [3.05, 3.63) is 154 Å². The van der Waals surface area contributed by atoms with Gasteiger partial charge in [0.05, 0.1) is 12.1 Å². The first kappa shape index (κ1) is 53.9. The average Bonchev–Trinajstić information content (AvgIpc) is 4.16. The molecule has 2 fully saturated rings. The van der Waals surface area contributed by atoms with Gasteiger partial charge in [-0.05, 0) is 151 Å². The Morgan fingerprint density at radius 2 is 1.12 bits per heavy atom. The maximum absolute atomic E-state index is 12.7. The Balaban J connectivity index is 0.000000213. The van der Waals surface area contributed by atoms with Crippen LogP contribution in [0.15, 0.2) is 108 Å². The summed E-state index contributed by atoms with van der Waals surface area (Å²) in [5.74, 6) is 12.2. The molecule has 2 aliphatic heterocycles. The summed E-state index contributed by atoms with van der Waals surface area (Å²) in [6, 6.07) is 20.2. The van der Waals surface area contributed by atoms with Gasteiger partial charge in [0.15, 0.2) is 17.2 Å². The van der Waals surface area contributed by atoms with Gasteiger partial charge >= 0.3 is 0 Å². The van der Waals surface area contributed by atoms with Gasteiger partial charge in [-0.2, -0.15) is 0 Å². The van der Waals surface area contributed by atoms with Crippen LogP contribution in [0.25, 0.3) is 22.5 Å². The number of carbonyl (C=O) groups excluding carboxylic acids is 6. The highest BCUT2D eigenvalue weighted by Gasteiger charge is 2.35. The number of imidazole rings is 2. The standard InChI is InChI=1S/C26H29N7O3.C21H23N7O2.C5H7ClO/c1-15(2)13-21(34)32-12-4-5-19(32)25-31-22(23(24(27)35)33(25)28)17-6-8-18(9-7-17)26(36)30-20-14-16(3)10-11-29-20;1-12-8-10-25-16(11-12)26-21(30)14-6-4-13(5-7-14)17-18(19(22)29)28(23)20(27-17)15-3-2-9-24-15;1-4(2)3-5(6)7/h6-11,13-14,19H,4-5,12,28H2,1-3H3,(H2,27,35)(H,29,30,36);4-8,10-11,15,24H,2-3,9,23H2,1H3,(H2,22,29)(H,25,26,30);3H,1-2H3/t19-;15-;/m00./s1. The van der Waals surface area contributed by atoms with Gasteiger partial charge in [-0.3, -0.25) is 28.8 Å². The van der Waals surface area contributed by atoms with Gasteiger partial charge in [-0.1, -0.05) is 35.4 Å². The quantitative estimate of drug-likeness (QED) is 0.0397. The van der Waals surface area contributed by atoms with Gasteiger partial charge in [0.25, 0.3) is 23.6 Å². The van der Waals surface area contributed by atoms with E-state index in [1.165, 1.54) is 15.4 Å². The molecule has 0 saturated carbocycles. The van der Waals surface area contributed by atoms with Crippen LogP contribution in [-0.2, 0) is 9.59 Å². The van der Waals surface area contributed by atoms with Crippen LogP contribution in [0.1, 0.15) is 130 Å². The number of carbonyl (C=O) groups is 6. The van der Waals surface area contributed by atoms with Crippen LogP contribution in [0.4, 0.5) is 11.6 Å². The van der Waals surface area contributed by atoms with Gasteiger partial charge in [0.2, 0.25) is 11.1 Å². The summed E-state index contributed by atoms with van der Waals surface area (Å²) >= 11 is 4.96. The Labute approximate surface area is 427 Å². The van der Waals surface area contributed by atoms with Gasteiger partial charge in [0, 0.05) is 47.3 Å².